The molecule has 1 fully saturated rings. The molecule has 2 heteroatoms. The Morgan fingerprint density at radius 3 is 2.73 bits per heavy atom. The van der Waals surface area contributed by atoms with E-state index in [9.17, 15) is 4.79 Å². The second-order valence-electron chi connectivity index (χ2n) is 3.14. The van der Waals surface area contributed by atoms with Crippen molar-refractivity contribution in [2.45, 2.75) is 44.6 Å². The molecule has 0 heterocycles. The van der Waals surface area contributed by atoms with Crippen LogP contribution in [0.25, 0.3) is 0 Å². The molecule has 11 heavy (non-hydrogen) atoms. The summed E-state index contributed by atoms with van der Waals surface area (Å²) in [6, 6.07) is 0. The molecule has 1 rings (SSSR count). The molecule has 0 spiro atoms. The molecule has 1 atom stereocenters. The van der Waals surface area contributed by atoms with Crippen LogP contribution in [0, 0.1) is 0 Å². The average molecular weight is 156 g/mol. The van der Waals surface area contributed by atoms with Crippen LogP contribution < -0.4 is 0 Å². The summed E-state index contributed by atoms with van der Waals surface area (Å²) in [4.78, 5) is 11.3. The second kappa shape index (κ2) is 4.50. The van der Waals surface area contributed by atoms with E-state index in [2.05, 4.69) is 0 Å². The zero-order chi connectivity index (χ0) is 8.10. The number of hydrogen-bond acceptors (Lipinski definition) is 2. The summed E-state index contributed by atoms with van der Waals surface area (Å²) in [7, 11) is 1.63. The van der Waals surface area contributed by atoms with Crippen molar-refractivity contribution in [3.8, 4) is 0 Å². The average Bonchev–Trinajstić information content (AvgIpc) is 1.98. The van der Waals surface area contributed by atoms with Crippen LogP contribution in [0.15, 0.2) is 0 Å². The topological polar surface area (TPSA) is 26.3 Å². The van der Waals surface area contributed by atoms with Gasteiger partial charge in [0.05, 0.1) is 0 Å². The fourth-order valence-corrected chi connectivity index (χ4v) is 1.55. The maximum Gasteiger partial charge on any atom is 0.161 e. The van der Waals surface area contributed by atoms with Gasteiger partial charge in [-0.2, -0.15) is 0 Å². The number of carbonyl (C=O) groups excluding carboxylic acids is 1. The van der Waals surface area contributed by atoms with E-state index in [1.54, 1.807) is 7.11 Å². The van der Waals surface area contributed by atoms with Crippen molar-refractivity contribution in [3.05, 3.63) is 0 Å². The van der Waals surface area contributed by atoms with Gasteiger partial charge in [0.2, 0.25) is 0 Å². The van der Waals surface area contributed by atoms with Crippen LogP contribution in [-0.2, 0) is 9.53 Å². The van der Waals surface area contributed by atoms with Gasteiger partial charge >= 0.3 is 0 Å². The molecule has 1 aliphatic rings. The maximum absolute atomic E-state index is 11.3. The van der Waals surface area contributed by atoms with E-state index in [1.165, 1.54) is 12.8 Å². The second-order valence-corrected chi connectivity index (χ2v) is 3.14. The highest BCUT2D eigenvalue weighted by atomic mass is 16.5. The van der Waals surface area contributed by atoms with Gasteiger partial charge in [-0.05, 0) is 12.8 Å². The van der Waals surface area contributed by atoms with E-state index in [1.807, 2.05) is 0 Å². The number of Topliss-reactive ketones (excluding diaryl/α,β-unsaturated/α-hetero) is 1. The standard InChI is InChI=1S/C9H16O2/c1-11-9-7-5-3-2-4-6-8(9)10/h9H,2-7H2,1H3. The number of ketones is 1. The van der Waals surface area contributed by atoms with Crippen LogP contribution in [0.1, 0.15) is 38.5 Å². The van der Waals surface area contributed by atoms with E-state index in [0.29, 0.717) is 5.78 Å². The molecule has 0 aromatic carbocycles. The Hall–Kier alpha value is -0.370. The Morgan fingerprint density at radius 1 is 1.27 bits per heavy atom. The van der Waals surface area contributed by atoms with Crippen molar-refractivity contribution < 1.29 is 9.53 Å². The molecule has 0 radical (unpaired) electrons. The van der Waals surface area contributed by atoms with Crippen LogP contribution in [-0.4, -0.2) is 19.0 Å². The van der Waals surface area contributed by atoms with Gasteiger partial charge in [-0.1, -0.05) is 19.3 Å². The molecule has 0 aromatic rings. The van der Waals surface area contributed by atoms with E-state index < -0.39 is 0 Å². The summed E-state index contributed by atoms with van der Waals surface area (Å²) in [6.45, 7) is 0. The number of hydrogen-bond donors (Lipinski definition) is 0. The van der Waals surface area contributed by atoms with Crippen molar-refractivity contribution in [1.82, 2.24) is 0 Å². The Bertz CT molecular complexity index is 132. The van der Waals surface area contributed by atoms with Crippen molar-refractivity contribution in [2.24, 2.45) is 0 Å². The van der Waals surface area contributed by atoms with Crippen molar-refractivity contribution in [3.63, 3.8) is 0 Å². The van der Waals surface area contributed by atoms with Gasteiger partial charge < -0.3 is 4.74 Å². The van der Waals surface area contributed by atoms with Gasteiger partial charge in [-0.3, -0.25) is 4.79 Å². The lowest BCUT2D eigenvalue weighted by Crippen LogP contribution is -2.23. The summed E-state index contributed by atoms with van der Waals surface area (Å²) in [5.41, 5.74) is 0. The predicted molar refractivity (Wildman–Crippen MR) is 43.5 cm³/mol. The molecule has 1 unspecified atom stereocenters. The van der Waals surface area contributed by atoms with E-state index in [-0.39, 0.29) is 6.10 Å². The molecule has 1 saturated carbocycles. The first-order chi connectivity index (χ1) is 5.34. The molecule has 1 aliphatic carbocycles. The first kappa shape index (κ1) is 8.72. The van der Waals surface area contributed by atoms with Crippen molar-refractivity contribution in [1.29, 1.82) is 0 Å². The summed E-state index contributed by atoms with van der Waals surface area (Å²) >= 11 is 0. The zero-order valence-corrected chi connectivity index (χ0v) is 7.14. The lowest BCUT2D eigenvalue weighted by Gasteiger charge is -2.16. The minimum absolute atomic E-state index is 0.102. The van der Waals surface area contributed by atoms with Gasteiger partial charge in [0, 0.05) is 13.5 Å². The fraction of sp³-hybridized carbons (Fsp3) is 0.889. The highest BCUT2D eigenvalue weighted by Crippen LogP contribution is 2.16. The predicted octanol–water partition coefficient (Wildman–Crippen LogP) is 1.92. The van der Waals surface area contributed by atoms with Crippen molar-refractivity contribution >= 4 is 5.78 Å². The molecule has 0 bridgehead atoms. The Kier molecular flexibility index (Phi) is 3.57. The number of rotatable bonds is 1. The largest absolute Gasteiger partial charge is 0.374 e. The SMILES string of the molecule is COC1CCCCCCC1=O. The zero-order valence-electron chi connectivity index (χ0n) is 7.14. The summed E-state index contributed by atoms with van der Waals surface area (Å²) in [5, 5.41) is 0. The summed E-state index contributed by atoms with van der Waals surface area (Å²) < 4.78 is 5.09. The van der Waals surface area contributed by atoms with Crippen molar-refractivity contribution in [2.75, 3.05) is 7.11 Å². The molecule has 0 aromatic heterocycles. The first-order valence-corrected chi connectivity index (χ1v) is 4.40. The van der Waals surface area contributed by atoms with Crippen LogP contribution in [0.4, 0.5) is 0 Å². The summed E-state index contributed by atoms with van der Waals surface area (Å²) in [6.07, 6.45) is 6.21. The third kappa shape index (κ3) is 2.62. The van der Waals surface area contributed by atoms with E-state index in [4.69, 9.17) is 4.74 Å². The summed E-state index contributed by atoms with van der Waals surface area (Å²) in [5.74, 6) is 0.298. The number of carbonyl (C=O) groups is 1. The molecule has 0 saturated heterocycles. The molecule has 0 amide bonds. The number of ether oxygens (including phenoxy) is 1. The molecule has 64 valence electrons. The highest BCUT2D eigenvalue weighted by molar-refractivity contribution is 5.83. The van der Waals surface area contributed by atoms with Gasteiger partial charge in [-0.25, -0.2) is 0 Å². The highest BCUT2D eigenvalue weighted by Gasteiger charge is 2.18. The monoisotopic (exact) mass is 156 g/mol. The normalized spacial score (nSPS) is 27.7. The van der Waals surface area contributed by atoms with Gasteiger partial charge in [0.1, 0.15) is 6.10 Å². The van der Waals surface area contributed by atoms with Gasteiger partial charge in [-0.15, -0.1) is 0 Å². The fourth-order valence-electron chi connectivity index (χ4n) is 1.55. The first-order valence-electron chi connectivity index (χ1n) is 4.40. The van der Waals surface area contributed by atoms with Crippen LogP contribution >= 0.6 is 0 Å². The van der Waals surface area contributed by atoms with Gasteiger partial charge in [0.15, 0.2) is 5.78 Å². The third-order valence-corrected chi connectivity index (χ3v) is 2.28. The minimum Gasteiger partial charge on any atom is -0.374 e. The lowest BCUT2D eigenvalue weighted by molar-refractivity contribution is -0.129. The lowest BCUT2D eigenvalue weighted by atomic mass is 9.97. The molecule has 2 nitrogen and oxygen atoms in total. The Balaban J connectivity index is 2.39. The quantitative estimate of drug-likeness (QED) is 0.579. The maximum atomic E-state index is 11.3. The van der Waals surface area contributed by atoms with E-state index >= 15 is 0 Å². The third-order valence-electron chi connectivity index (χ3n) is 2.28. The molecular weight excluding hydrogens is 140 g/mol. The van der Waals surface area contributed by atoms with Crippen LogP contribution in [0.3, 0.4) is 0 Å². The molecule has 0 N–H and O–H groups in total. The van der Waals surface area contributed by atoms with Crippen LogP contribution in [0.2, 0.25) is 0 Å². The van der Waals surface area contributed by atoms with Gasteiger partial charge in [0.25, 0.3) is 0 Å². The smallest absolute Gasteiger partial charge is 0.161 e. The minimum atomic E-state index is -0.102. The molecular formula is C9H16O2. The Labute approximate surface area is 67.9 Å². The van der Waals surface area contributed by atoms with Crippen LogP contribution in [0.5, 0.6) is 0 Å². The Morgan fingerprint density at radius 2 is 2.00 bits per heavy atom. The molecule has 0 aliphatic heterocycles. The van der Waals surface area contributed by atoms with E-state index in [0.717, 1.165) is 25.7 Å². The number of methoxy groups -OCH3 is 1.